The lowest BCUT2D eigenvalue weighted by molar-refractivity contribution is 0.795. The first-order chi connectivity index (χ1) is 8.49. The molecule has 18 heavy (non-hydrogen) atoms. The van der Waals surface area contributed by atoms with E-state index in [9.17, 15) is 0 Å². The minimum Gasteiger partial charge on any atom is -0.0956 e. The lowest BCUT2D eigenvalue weighted by Crippen LogP contribution is -1.88. The molecule has 0 aromatic carbocycles. The molecule has 0 aromatic rings. The first kappa shape index (κ1) is 19.0. The maximum absolute atomic E-state index is 3.99. The Kier molecular flexibility index (Phi) is 12.9. The summed E-state index contributed by atoms with van der Waals surface area (Å²) < 4.78 is 0. The van der Waals surface area contributed by atoms with Crippen molar-refractivity contribution in [2.75, 3.05) is 0 Å². The third-order valence-corrected chi connectivity index (χ3v) is 2.43. The predicted octanol–water partition coefficient (Wildman–Crippen LogP) is 6.25. The minimum absolute atomic E-state index is 0.480. The van der Waals surface area contributed by atoms with Crippen LogP contribution in [0.2, 0.25) is 0 Å². The molecule has 0 bridgehead atoms. The fourth-order valence-corrected chi connectivity index (χ4v) is 1.01. The summed E-state index contributed by atoms with van der Waals surface area (Å²) in [5.74, 6) is 0.480. The molecule has 0 saturated heterocycles. The number of allylic oxidation sites excluding steroid dienone is 7. The van der Waals surface area contributed by atoms with Crippen LogP contribution in [0, 0.1) is 5.92 Å². The molecule has 0 N–H and O–H groups in total. The predicted molar refractivity (Wildman–Crippen MR) is 86.8 cm³/mol. The Morgan fingerprint density at radius 3 is 1.89 bits per heavy atom. The SMILES string of the molecule is C=C(/C=C\CCC)C(=C)/C=C\C(=C)C(C)C.CC. The normalized spacial score (nSPS) is 10.6. The monoisotopic (exact) mass is 246 g/mol. The average Bonchev–Trinajstić information content (AvgIpc) is 2.37. The van der Waals surface area contributed by atoms with Crippen LogP contribution in [0.1, 0.15) is 47.5 Å². The molecule has 0 rings (SSSR count). The molecule has 0 heterocycles. The van der Waals surface area contributed by atoms with Gasteiger partial charge in [-0.3, -0.25) is 0 Å². The Morgan fingerprint density at radius 1 is 0.944 bits per heavy atom. The van der Waals surface area contributed by atoms with E-state index in [4.69, 9.17) is 0 Å². The first-order valence-corrected chi connectivity index (χ1v) is 6.90. The number of hydrogen-bond donors (Lipinski definition) is 0. The Morgan fingerprint density at radius 2 is 1.44 bits per heavy atom. The smallest absolute Gasteiger partial charge is 0.0225 e. The Hall–Kier alpha value is -1.30. The van der Waals surface area contributed by atoms with Crippen LogP contribution in [0.5, 0.6) is 0 Å². The quantitative estimate of drug-likeness (QED) is 0.466. The highest BCUT2D eigenvalue weighted by molar-refractivity contribution is 5.44. The molecule has 0 heteroatoms. The minimum atomic E-state index is 0.480. The van der Waals surface area contributed by atoms with E-state index in [1.54, 1.807) is 0 Å². The number of unbranched alkanes of at least 4 members (excludes halogenated alkanes) is 1. The maximum Gasteiger partial charge on any atom is -0.0225 e. The van der Waals surface area contributed by atoms with Crippen LogP contribution in [-0.2, 0) is 0 Å². The molecule has 0 unspecified atom stereocenters. The van der Waals surface area contributed by atoms with Crippen molar-refractivity contribution in [3.05, 3.63) is 60.8 Å². The van der Waals surface area contributed by atoms with Crippen LogP contribution in [-0.4, -0.2) is 0 Å². The molecule has 0 fully saturated rings. The van der Waals surface area contributed by atoms with Crippen molar-refractivity contribution in [2.24, 2.45) is 5.92 Å². The van der Waals surface area contributed by atoms with Crippen molar-refractivity contribution < 1.29 is 0 Å². The van der Waals surface area contributed by atoms with Gasteiger partial charge in [0.2, 0.25) is 0 Å². The van der Waals surface area contributed by atoms with E-state index in [1.807, 2.05) is 32.1 Å². The van der Waals surface area contributed by atoms with Gasteiger partial charge in [0.25, 0.3) is 0 Å². The molecule has 0 nitrogen and oxygen atoms in total. The summed E-state index contributed by atoms with van der Waals surface area (Å²) in [6.45, 7) is 22.4. The van der Waals surface area contributed by atoms with Crippen LogP contribution >= 0.6 is 0 Å². The standard InChI is InChI=1S/C16H24.C2H6/c1-7-8-9-10-15(5)16(6)12-11-14(4)13(2)3;1-2/h9-13H,4-8H2,1-3H3;1-2H3/b10-9-,12-11-;. The molecular formula is C18H30. The molecular weight excluding hydrogens is 216 g/mol. The van der Waals surface area contributed by atoms with E-state index in [1.165, 1.54) is 0 Å². The average molecular weight is 246 g/mol. The molecule has 0 aliphatic rings. The van der Waals surface area contributed by atoms with Crippen molar-refractivity contribution in [3.63, 3.8) is 0 Å². The summed E-state index contributed by atoms with van der Waals surface area (Å²) in [4.78, 5) is 0. The van der Waals surface area contributed by atoms with Crippen LogP contribution in [0.3, 0.4) is 0 Å². The van der Waals surface area contributed by atoms with Gasteiger partial charge >= 0.3 is 0 Å². The lowest BCUT2D eigenvalue weighted by atomic mass is 10.0. The van der Waals surface area contributed by atoms with Gasteiger partial charge in [-0.05, 0) is 23.5 Å². The molecule has 102 valence electrons. The lowest BCUT2D eigenvalue weighted by Gasteiger charge is -2.04. The van der Waals surface area contributed by atoms with Crippen molar-refractivity contribution in [2.45, 2.75) is 47.5 Å². The third-order valence-electron chi connectivity index (χ3n) is 2.43. The van der Waals surface area contributed by atoms with Crippen LogP contribution in [0.4, 0.5) is 0 Å². The van der Waals surface area contributed by atoms with Crippen molar-refractivity contribution >= 4 is 0 Å². The highest BCUT2D eigenvalue weighted by Gasteiger charge is 1.96. The van der Waals surface area contributed by atoms with E-state index in [0.29, 0.717) is 5.92 Å². The van der Waals surface area contributed by atoms with Gasteiger partial charge in [0.1, 0.15) is 0 Å². The summed E-state index contributed by atoms with van der Waals surface area (Å²) in [5.41, 5.74) is 3.04. The van der Waals surface area contributed by atoms with Crippen LogP contribution < -0.4 is 0 Å². The second-order valence-electron chi connectivity index (χ2n) is 4.30. The Labute approximate surface area is 115 Å². The van der Waals surface area contributed by atoms with E-state index in [0.717, 1.165) is 29.6 Å². The third kappa shape index (κ3) is 9.89. The van der Waals surface area contributed by atoms with Gasteiger partial charge in [-0.15, -0.1) is 0 Å². The number of rotatable bonds is 7. The van der Waals surface area contributed by atoms with Crippen molar-refractivity contribution in [3.8, 4) is 0 Å². The molecule has 0 spiro atoms. The summed E-state index contributed by atoms with van der Waals surface area (Å²) in [7, 11) is 0. The fraction of sp³-hybridized carbons (Fsp3) is 0.444. The van der Waals surface area contributed by atoms with Crippen LogP contribution in [0.25, 0.3) is 0 Å². The van der Waals surface area contributed by atoms with Gasteiger partial charge in [0.15, 0.2) is 0 Å². The van der Waals surface area contributed by atoms with E-state index >= 15 is 0 Å². The highest BCUT2D eigenvalue weighted by atomic mass is 14.0. The first-order valence-electron chi connectivity index (χ1n) is 6.90. The summed E-state index contributed by atoms with van der Waals surface area (Å²) in [6.07, 6.45) is 10.4. The summed E-state index contributed by atoms with van der Waals surface area (Å²) >= 11 is 0. The summed E-state index contributed by atoms with van der Waals surface area (Å²) in [5, 5.41) is 0. The fourth-order valence-electron chi connectivity index (χ4n) is 1.01. The van der Waals surface area contributed by atoms with Gasteiger partial charge in [0.05, 0.1) is 0 Å². The maximum atomic E-state index is 3.99. The zero-order valence-electron chi connectivity index (χ0n) is 12.9. The largest absolute Gasteiger partial charge is 0.0956 e. The highest BCUT2D eigenvalue weighted by Crippen LogP contribution is 2.13. The topological polar surface area (TPSA) is 0 Å². The van der Waals surface area contributed by atoms with Crippen molar-refractivity contribution in [1.82, 2.24) is 0 Å². The Balaban J connectivity index is 0. The second kappa shape index (κ2) is 12.2. The number of hydrogen-bond acceptors (Lipinski definition) is 0. The van der Waals surface area contributed by atoms with Gasteiger partial charge in [-0.1, -0.05) is 90.7 Å². The molecule has 0 saturated carbocycles. The molecule has 0 radical (unpaired) electrons. The molecule has 0 atom stereocenters. The summed E-state index contributed by atoms with van der Waals surface area (Å²) in [6, 6.07) is 0. The van der Waals surface area contributed by atoms with Gasteiger partial charge < -0.3 is 0 Å². The van der Waals surface area contributed by atoms with E-state index in [-0.39, 0.29) is 0 Å². The second-order valence-corrected chi connectivity index (χ2v) is 4.30. The Bertz CT molecular complexity index is 311. The molecule has 0 aromatic heterocycles. The van der Waals surface area contributed by atoms with Gasteiger partial charge in [-0.2, -0.15) is 0 Å². The van der Waals surface area contributed by atoms with E-state index in [2.05, 4.69) is 46.6 Å². The van der Waals surface area contributed by atoms with E-state index < -0.39 is 0 Å². The zero-order chi connectivity index (χ0) is 14.6. The molecule has 0 amide bonds. The van der Waals surface area contributed by atoms with Gasteiger partial charge in [0, 0.05) is 0 Å². The zero-order valence-corrected chi connectivity index (χ0v) is 12.9. The van der Waals surface area contributed by atoms with Crippen LogP contribution in [0.15, 0.2) is 60.8 Å². The molecule has 0 aliphatic carbocycles. The van der Waals surface area contributed by atoms with Gasteiger partial charge in [-0.25, -0.2) is 0 Å². The van der Waals surface area contributed by atoms with Crippen molar-refractivity contribution in [1.29, 1.82) is 0 Å². The molecule has 0 aliphatic heterocycles.